The number of hydrogen-bond donors (Lipinski definition) is 0. The number of fused-ring (bicyclic) bond motifs is 1. The standard InChI is InChI=1S/C19H18N2O4/c1-3-21(16-8-6-5-7-14(16)19(23)24-4-2)18(22)13-9-10-15-17(11-13)25-12-20-15/h5-12H,3-4H2,1-2H3. The quantitative estimate of drug-likeness (QED) is 0.664. The molecule has 0 aliphatic heterocycles. The van der Waals surface area contributed by atoms with Crippen LogP contribution in [-0.4, -0.2) is 30.0 Å². The number of hydrogen-bond acceptors (Lipinski definition) is 5. The van der Waals surface area contributed by atoms with Gasteiger partial charge in [-0.2, -0.15) is 0 Å². The molecule has 0 saturated carbocycles. The molecule has 0 atom stereocenters. The van der Waals surface area contributed by atoms with Crippen LogP contribution in [0.15, 0.2) is 53.3 Å². The van der Waals surface area contributed by atoms with Gasteiger partial charge in [-0.1, -0.05) is 12.1 Å². The molecule has 2 aromatic carbocycles. The number of ether oxygens (including phenoxy) is 1. The molecular weight excluding hydrogens is 320 g/mol. The Morgan fingerprint density at radius 2 is 1.96 bits per heavy atom. The third-order valence-corrected chi connectivity index (χ3v) is 3.83. The van der Waals surface area contributed by atoms with Crippen LogP contribution >= 0.6 is 0 Å². The molecule has 1 amide bonds. The van der Waals surface area contributed by atoms with E-state index < -0.39 is 5.97 Å². The van der Waals surface area contributed by atoms with Crippen molar-refractivity contribution in [2.24, 2.45) is 0 Å². The fourth-order valence-corrected chi connectivity index (χ4v) is 2.66. The van der Waals surface area contributed by atoms with Gasteiger partial charge < -0.3 is 14.1 Å². The van der Waals surface area contributed by atoms with Crippen LogP contribution in [0.5, 0.6) is 0 Å². The van der Waals surface area contributed by atoms with Crippen molar-refractivity contribution in [2.75, 3.05) is 18.1 Å². The second-order valence-electron chi connectivity index (χ2n) is 5.32. The number of carbonyl (C=O) groups is 2. The number of esters is 1. The number of benzene rings is 2. The topological polar surface area (TPSA) is 72.6 Å². The van der Waals surface area contributed by atoms with Crippen molar-refractivity contribution in [3.8, 4) is 0 Å². The molecule has 1 aromatic heterocycles. The maximum Gasteiger partial charge on any atom is 0.340 e. The number of amides is 1. The lowest BCUT2D eigenvalue weighted by Gasteiger charge is -2.23. The van der Waals surface area contributed by atoms with Gasteiger partial charge in [-0.25, -0.2) is 9.78 Å². The summed E-state index contributed by atoms with van der Waals surface area (Å²) in [6.07, 6.45) is 1.34. The third-order valence-electron chi connectivity index (χ3n) is 3.83. The first-order valence-electron chi connectivity index (χ1n) is 8.07. The maximum absolute atomic E-state index is 13.0. The molecule has 1 heterocycles. The smallest absolute Gasteiger partial charge is 0.340 e. The first kappa shape index (κ1) is 16.7. The van der Waals surface area contributed by atoms with Gasteiger partial charge >= 0.3 is 5.97 Å². The van der Waals surface area contributed by atoms with E-state index in [0.717, 1.165) is 0 Å². The lowest BCUT2D eigenvalue weighted by atomic mass is 10.1. The van der Waals surface area contributed by atoms with Crippen molar-refractivity contribution in [1.82, 2.24) is 4.98 Å². The molecule has 0 spiro atoms. The molecule has 0 unspecified atom stereocenters. The first-order chi connectivity index (χ1) is 12.2. The van der Waals surface area contributed by atoms with E-state index in [4.69, 9.17) is 9.15 Å². The van der Waals surface area contributed by atoms with Crippen molar-refractivity contribution in [3.05, 3.63) is 60.0 Å². The number of anilines is 1. The number of oxazole rings is 1. The van der Waals surface area contributed by atoms with Crippen LogP contribution in [0.1, 0.15) is 34.6 Å². The minimum absolute atomic E-state index is 0.224. The molecule has 3 rings (SSSR count). The highest BCUT2D eigenvalue weighted by Gasteiger charge is 2.22. The second kappa shape index (κ2) is 7.17. The van der Waals surface area contributed by atoms with E-state index in [-0.39, 0.29) is 12.5 Å². The number of aromatic nitrogens is 1. The van der Waals surface area contributed by atoms with Gasteiger partial charge in [0.05, 0.1) is 17.9 Å². The summed E-state index contributed by atoms with van der Waals surface area (Å²) in [4.78, 5) is 30.8. The minimum atomic E-state index is -0.449. The number of nitrogens with zero attached hydrogens (tertiary/aromatic N) is 2. The molecule has 0 radical (unpaired) electrons. The highest BCUT2D eigenvalue weighted by Crippen LogP contribution is 2.24. The van der Waals surface area contributed by atoms with Crippen LogP contribution in [0.4, 0.5) is 5.69 Å². The van der Waals surface area contributed by atoms with Crippen LogP contribution in [-0.2, 0) is 4.74 Å². The fraction of sp³-hybridized carbons (Fsp3) is 0.211. The summed E-state index contributed by atoms with van der Waals surface area (Å²) in [5, 5.41) is 0. The fourth-order valence-electron chi connectivity index (χ4n) is 2.66. The average molecular weight is 338 g/mol. The molecule has 0 bridgehead atoms. The van der Waals surface area contributed by atoms with Crippen LogP contribution in [0.2, 0.25) is 0 Å². The lowest BCUT2D eigenvalue weighted by Crippen LogP contribution is -2.32. The molecule has 6 heteroatoms. The number of para-hydroxylation sites is 1. The summed E-state index contributed by atoms with van der Waals surface area (Å²) in [5.41, 5.74) is 2.57. The van der Waals surface area contributed by atoms with Crippen molar-refractivity contribution in [3.63, 3.8) is 0 Å². The van der Waals surface area contributed by atoms with Crippen LogP contribution in [0, 0.1) is 0 Å². The van der Waals surface area contributed by atoms with Crippen LogP contribution in [0.3, 0.4) is 0 Å². The number of rotatable bonds is 5. The van der Waals surface area contributed by atoms with Crippen LogP contribution in [0.25, 0.3) is 11.1 Å². The molecular formula is C19H18N2O4. The van der Waals surface area contributed by atoms with Gasteiger partial charge in [-0.05, 0) is 44.2 Å². The van der Waals surface area contributed by atoms with Crippen LogP contribution < -0.4 is 4.90 Å². The van der Waals surface area contributed by atoms with Gasteiger partial charge in [0.1, 0.15) is 5.52 Å². The summed E-state index contributed by atoms with van der Waals surface area (Å²) < 4.78 is 10.4. The lowest BCUT2D eigenvalue weighted by molar-refractivity contribution is 0.0527. The monoisotopic (exact) mass is 338 g/mol. The normalized spacial score (nSPS) is 10.6. The van der Waals surface area contributed by atoms with Gasteiger partial charge in [-0.15, -0.1) is 0 Å². The molecule has 128 valence electrons. The Morgan fingerprint density at radius 1 is 1.16 bits per heavy atom. The van der Waals surface area contributed by atoms with Crippen molar-refractivity contribution in [2.45, 2.75) is 13.8 Å². The zero-order valence-electron chi connectivity index (χ0n) is 14.1. The van der Waals surface area contributed by atoms with E-state index in [9.17, 15) is 9.59 Å². The summed E-state index contributed by atoms with van der Waals surface area (Å²) in [5.74, 6) is -0.674. The zero-order valence-corrected chi connectivity index (χ0v) is 14.1. The Balaban J connectivity index is 1.99. The minimum Gasteiger partial charge on any atom is -0.462 e. The Hall–Kier alpha value is -3.15. The van der Waals surface area contributed by atoms with E-state index in [1.165, 1.54) is 6.39 Å². The Bertz CT molecular complexity index is 916. The summed E-state index contributed by atoms with van der Waals surface area (Å²) >= 11 is 0. The summed E-state index contributed by atoms with van der Waals surface area (Å²) in [6.45, 7) is 4.28. The molecule has 0 saturated heterocycles. The van der Waals surface area contributed by atoms with Crippen molar-refractivity contribution >= 4 is 28.7 Å². The van der Waals surface area contributed by atoms with E-state index in [1.807, 2.05) is 6.92 Å². The van der Waals surface area contributed by atoms with Gasteiger partial charge in [0.15, 0.2) is 12.0 Å². The average Bonchev–Trinajstić information content (AvgIpc) is 3.10. The Labute approximate surface area is 145 Å². The molecule has 25 heavy (non-hydrogen) atoms. The zero-order chi connectivity index (χ0) is 17.8. The SMILES string of the molecule is CCOC(=O)c1ccccc1N(CC)C(=O)c1ccc2ncoc2c1. The summed E-state index contributed by atoms with van der Waals surface area (Å²) in [7, 11) is 0. The number of carbonyl (C=O) groups excluding carboxylic acids is 2. The van der Waals surface area contributed by atoms with Gasteiger partial charge in [-0.3, -0.25) is 4.79 Å². The molecule has 0 fully saturated rings. The van der Waals surface area contributed by atoms with Crippen molar-refractivity contribution < 1.29 is 18.7 Å². The van der Waals surface area contributed by atoms with Gasteiger partial charge in [0, 0.05) is 12.1 Å². The maximum atomic E-state index is 13.0. The highest BCUT2D eigenvalue weighted by atomic mass is 16.5. The highest BCUT2D eigenvalue weighted by molar-refractivity contribution is 6.10. The third kappa shape index (κ3) is 3.24. The molecule has 0 aliphatic carbocycles. The van der Waals surface area contributed by atoms with Gasteiger partial charge in [0.25, 0.3) is 5.91 Å². The van der Waals surface area contributed by atoms with Gasteiger partial charge in [0.2, 0.25) is 0 Å². The molecule has 0 aliphatic rings. The van der Waals surface area contributed by atoms with E-state index >= 15 is 0 Å². The Morgan fingerprint density at radius 3 is 2.72 bits per heavy atom. The van der Waals surface area contributed by atoms with E-state index in [0.29, 0.717) is 34.5 Å². The largest absolute Gasteiger partial charge is 0.462 e. The first-order valence-corrected chi connectivity index (χ1v) is 8.07. The predicted octanol–water partition coefficient (Wildman–Crippen LogP) is 3.67. The van der Waals surface area contributed by atoms with E-state index in [1.54, 1.807) is 54.3 Å². The Kier molecular flexibility index (Phi) is 4.79. The molecule has 6 nitrogen and oxygen atoms in total. The molecule has 0 N–H and O–H groups in total. The molecule has 3 aromatic rings. The second-order valence-corrected chi connectivity index (χ2v) is 5.32. The summed E-state index contributed by atoms with van der Waals surface area (Å²) in [6, 6.07) is 12.0. The van der Waals surface area contributed by atoms with Crippen molar-refractivity contribution in [1.29, 1.82) is 0 Å². The predicted molar refractivity (Wildman–Crippen MR) is 93.8 cm³/mol. The van der Waals surface area contributed by atoms with E-state index in [2.05, 4.69) is 4.98 Å².